The van der Waals surface area contributed by atoms with Gasteiger partial charge in [-0.3, -0.25) is 0 Å². The molecule has 2 bridgehead atoms. The Bertz CT molecular complexity index is 247. The van der Waals surface area contributed by atoms with Crippen LogP contribution in [0.25, 0.3) is 0 Å². The lowest BCUT2D eigenvalue weighted by atomic mass is 9.88. The highest BCUT2D eigenvalue weighted by molar-refractivity contribution is 7.99. The predicted molar refractivity (Wildman–Crippen MR) is 82.0 cm³/mol. The van der Waals surface area contributed by atoms with Gasteiger partial charge in [-0.2, -0.15) is 11.8 Å². The van der Waals surface area contributed by atoms with Gasteiger partial charge in [0, 0.05) is 19.1 Å². The van der Waals surface area contributed by atoms with Crippen molar-refractivity contribution in [2.24, 2.45) is 23.5 Å². The largest absolute Gasteiger partial charge is 0.329 e. The van der Waals surface area contributed by atoms with Gasteiger partial charge in [0.1, 0.15) is 0 Å². The van der Waals surface area contributed by atoms with Crippen molar-refractivity contribution in [2.75, 3.05) is 31.6 Å². The molecule has 0 aliphatic heterocycles. The first-order valence-electron chi connectivity index (χ1n) is 7.72. The standard InChI is InChI=1S/C15H30N2S/c1-3-18-7-6-15(10-16)17(2)11-14-9-12-4-5-13(14)8-12/h12-15H,3-11,16H2,1-2H3. The Morgan fingerprint density at radius 3 is 2.72 bits per heavy atom. The Morgan fingerprint density at radius 1 is 1.33 bits per heavy atom. The molecule has 2 N–H and O–H groups in total. The smallest absolute Gasteiger partial charge is 0.0223 e. The van der Waals surface area contributed by atoms with Gasteiger partial charge >= 0.3 is 0 Å². The fourth-order valence-corrected chi connectivity index (χ4v) is 4.73. The molecule has 2 rings (SSSR count). The zero-order valence-electron chi connectivity index (χ0n) is 12.1. The van der Waals surface area contributed by atoms with Gasteiger partial charge < -0.3 is 10.6 Å². The minimum Gasteiger partial charge on any atom is -0.329 e. The van der Waals surface area contributed by atoms with Gasteiger partial charge in [0.05, 0.1) is 0 Å². The third-order valence-electron chi connectivity index (χ3n) is 5.10. The van der Waals surface area contributed by atoms with Crippen LogP contribution < -0.4 is 5.73 Å². The van der Waals surface area contributed by atoms with Crippen LogP contribution in [0, 0.1) is 17.8 Å². The van der Waals surface area contributed by atoms with E-state index < -0.39 is 0 Å². The number of nitrogens with zero attached hydrogens (tertiary/aromatic N) is 1. The molecule has 0 aromatic heterocycles. The van der Waals surface area contributed by atoms with Gasteiger partial charge in [0.25, 0.3) is 0 Å². The summed E-state index contributed by atoms with van der Waals surface area (Å²) in [7, 11) is 2.29. The molecule has 4 atom stereocenters. The van der Waals surface area contributed by atoms with Crippen molar-refractivity contribution in [3.63, 3.8) is 0 Å². The van der Waals surface area contributed by atoms with E-state index in [0.717, 1.165) is 24.3 Å². The van der Waals surface area contributed by atoms with E-state index in [4.69, 9.17) is 5.73 Å². The molecule has 0 heterocycles. The summed E-state index contributed by atoms with van der Waals surface area (Å²) in [6.07, 6.45) is 7.29. The van der Waals surface area contributed by atoms with E-state index in [1.54, 1.807) is 0 Å². The molecule has 2 fully saturated rings. The van der Waals surface area contributed by atoms with Gasteiger partial charge in [-0.15, -0.1) is 0 Å². The second-order valence-corrected chi connectivity index (χ2v) is 7.64. The van der Waals surface area contributed by atoms with Crippen molar-refractivity contribution in [1.82, 2.24) is 4.90 Å². The van der Waals surface area contributed by atoms with Gasteiger partial charge in [-0.25, -0.2) is 0 Å². The molecule has 106 valence electrons. The molecule has 2 nitrogen and oxygen atoms in total. The first-order chi connectivity index (χ1) is 8.74. The maximum atomic E-state index is 5.96. The summed E-state index contributed by atoms with van der Waals surface area (Å²) in [5, 5.41) is 0. The minimum absolute atomic E-state index is 0.600. The summed E-state index contributed by atoms with van der Waals surface area (Å²) in [4.78, 5) is 2.56. The third kappa shape index (κ3) is 3.64. The van der Waals surface area contributed by atoms with Gasteiger partial charge in [0.2, 0.25) is 0 Å². The van der Waals surface area contributed by atoms with Crippen LogP contribution in [0.3, 0.4) is 0 Å². The van der Waals surface area contributed by atoms with E-state index >= 15 is 0 Å². The van der Waals surface area contributed by atoms with Gasteiger partial charge in [0.15, 0.2) is 0 Å². The van der Waals surface area contributed by atoms with Gasteiger partial charge in [-0.05, 0) is 62.0 Å². The van der Waals surface area contributed by atoms with Crippen LogP contribution >= 0.6 is 11.8 Å². The van der Waals surface area contributed by atoms with Crippen molar-refractivity contribution < 1.29 is 0 Å². The van der Waals surface area contributed by atoms with E-state index in [9.17, 15) is 0 Å². The van der Waals surface area contributed by atoms with Crippen LogP contribution in [-0.4, -0.2) is 42.6 Å². The molecule has 0 saturated heterocycles. The zero-order chi connectivity index (χ0) is 13.0. The number of hydrogen-bond acceptors (Lipinski definition) is 3. The summed E-state index contributed by atoms with van der Waals surface area (Å²) in [5.74, 6) is 5.58. The Hall–Kier alpha value is 0.270. The Morgan fingerprint density at radius 2 is 2.17 bits per heavy atom. The van der Waals surface area contributed by atoms with Crippen molar-refractivity contribution in [1.29, 1.82) is 0 Å². The lowest BCUT2D eigenvalue weighted by Crippen LogP contribution is -2.41. The highest BCUT2D eigenvalue weighted by Gasteiger charge is 2.39. The minimum atomic E-state index is 0.600. The molecule has 18 heavy (non-hydrogen) atoms. The van der Waals surface area contributed by atoms with Crippen LogP contribution in [0.1, 0.15) is 39.0 Å². The molecule has 2 aliphatic rings. The average Bonchev–Trinajstić information content (AvgIpc) is 2.96. The number of likely N-dealkylation sites (N-methyl/N-ethyl adjacent to an activating group) is 1. The second kappa shape index (κ2) is 7.16. The molecule has 0 amide bonds. The molecular weight excluding hydrogens is 240 g/mol. The number of hydrogen-bond donors (Lipinski definition) is 1. The topological polar surface area (TPSA) is 29.3 Å². The molecule has 0 radical (unpaired) electrons. The zero-order valence-corrected chi connectivity index (χ0v) is 12.9. The third-order valence-corrected chi connectivity index (χ3v) is 6.03. The first kappa shape index (κ1) is 14.7. The van der Waals surface area contributed by atoms with Crippen LogP contribution in [0.15, 0.2) is 0 Å². The molecule has 2 saturated carbocycles. The van der Waals surface area contributed by atoms with Gasteiger partial charge in [-0.1, -0.05) is 13.3 Å². The second-order valence-electron chi connectivity index (χ2n) is 6.25. The summed E-state index contributed by atoms with van der Waals surface area (Å²) in [6, 6.07) is 0.600. The summed E-state index contributed by atoms with van der Waals surface area (Å²) in [5.41, 5.74) is 5.96. The monoisotopic (exact) mass is 270 g/mol. The number of thioether (sulfide) groups is 1. The first-order valence-corrected chi connectivity index (χ1v) is 8.88. The van der Waals surface area contributed by atoms with Crippen LogP contribution in [0.2, 0.25) is 0 Å². The van der Waals surface area contributed by atoms with E-state index in [0.29, 0.717) is 6.04 Å². The van der Waals surface area contributed by atoms with Crippen LogP contribution in [0.4, 0.5) is 0 Å². The fourth-order valence-electron chi connectivity index (χ4n) is 4.00. The Balaban J connectivity index is 1.73. The number of rotatable bonds is 8. The summed E-state index contributed by atoms with van der Waals surface area (Å²) < 4.78 is 0. The van der Waals surface area contributed by atoms with Crippen molar-refractivity contribution in [3.8, 4) is 0 Å². The van der Waals surface area contributed by atoms with Crippen LogP contribution in [0.5, 0.6) is 0 Å². The van der Waals surface area contributed by atoms with Crippen molar-refractivity contribution >= 4 is 11.8 Å². The number of fused-ring (bicyclic) bond motifs is 2. The predicted octanol–water partition coefficient (Wildman–Crippen LogP) is 2.82. The van der Waals surface area contributed by atoms with Crippen molar-refractivity contribution in [2.45, 2.75) is 45.1 Å². The Kier molecular flexibility index (Phi) is 5.84. The van der Waals surface area contributed by atoms with E-state index in [2.05, 4.69) is 18.9 Å². The van der Waals surface area contributed by atoms with Crippen molar-refractivity contribution in [3.05, 3.63) is 0 Å². The molecular formula is C15H30N2S. The van der Waals surface area contributed by atoms with Crippen LogP contribution in [-0.2, 0) is 0 Å². The Labute approximate surface area is 117 Å². The molecule has 2 aliphatic carbocycles. The quantitative estimate of drug-likeness (QED) is 0.688. The molecule has 3 heteroatoms. The lowest BCUT2D eigenvalue weighted by molar-refractivity contribution is 0.173. The van der Waals surface area contributed by atoms with E-state index in [-0.39, 0.29) is 0 Å². The van der Waals surface area contributed by atoms with E-state index in [1.165, 1.54) is 50.2 Å². The molecule has 4 unspecified atom stereocenters. The molecule has 0 aromatic carbocycles. The van der Waals surface area contributed by atoms with E-state index in [1.807, 2.05) is 11.8 Å². The fraction of sp³-hybridized carbons (Fsp3) is 1.00. The maximum Gasteiger partial charge on any atom is 0.0223 e. The normalized spacial score (nSPS) is 32.3. The summed E-state index contributed by atoms with van der Waals surface area (Å²) in [6.45, 7) is 4.35. The lowest BCUT2D eigenvalue weighted by Gasteiger charge is -2.32. The highest BCUT2D eigenvalue weighted by Crippen LogP contribution is 2.48. The maximum absolute atomic E-state index is 5.96. The molecule has 0 aromatic rings. The SMILES string of the molecule is CCSCCC(CN)N(C)CC1CC2CCC1C2. The number of nitrogens with two attached hydrogens (primary N) is 1. The average molecular weight is 270 g/mol. The highest BCUT2D eigenvalue weighted by atomic mass is 32.2. The molecule has 0 spiro atoms. The summed E-state index contributed by atoms with van der Waals surface area (Å²) >= 11 is 2.04.